The van der Waals surface area contributed by atoms with Crippen LogP contribution in [-0.2, 0) is 0 Å². The summed E-state index contributed by atoms with van der Waals surface area (Å²) in [4.78, 5) is 13.6. The van der Waals surface area contributed by atoms with Gasteiger partial charge in [0.2, 0.25) is 0 Å². The van der Waals surface area contributed by atoms with Gasteiger partial charge < -0.3 is 5.32 Å². The second kappa shape index (κ2) is 5.01. The lowest BCUT2D eigenvalue weighted by atomic mass is 10.1. The summed E-state index contributed by atoms with van der Waals surface area (Å²) in [5.74, 6) is -0.288. The molecule has 3 rings (SSSR count). The first-order chi connectivity index (χ1) is 9.24. The predicted octanol–water partition coefficient (Wildman–Crippen LogP) is 1.92. The van der Waals surface area contributed by atoms with Gasteiger partial charge in [-0.2, -0.15) is 5.32 Å². The second-order valence-electron chi connectivity index (χ2n) is 4.80. The van der Waals surface area contributed by atoms with Gasteiger partial charge in [-0.15, -0.1) is 0 Å². The minimum Gasteiger partial charge on any atom is -0.317 e. The largest absolute Gasteiger partial charge is 0.348 e. The van der Waals surface area contributed by atoms with Crippen LogP contribution < -0.4 is 10.6 Å². The summed E-state index contributed by atoms with van der Waals surface area (Å²) in [5, 5.41) is 7.32. The van der Waals surface area contributed by atoms with Gasteiger partial charge >= 0.3 is 6.03 Å². The van der Waals surface area contributed by atoms with E-state index in [1.807, 2.05) is 0 Å². The molecular formula is C14H15FN3O. The van der Waals surface area contributed by atoms with Crippen molar-refractivity contribution in [3.8, 4) is 0 Å². The van der Waals surface area contributed by atoms with E-state index in [1.165, 1.54) is 12.1 Å². The molecule has 99 valence electrons. The van der Waals surface area contributed by atoms with Crippen LogP contribution in [0.4, 0.5) is 9.18 Å². The molecule has 2 aliphatic heterocycles. The van der Waals surface area contributed by atoms with Gasteiger partial charge in [0, 0.05) is 17.8 Å². The first kappa shape index (κ1) is 12.2. The highest BCUT2D eigenvalue weighted by molar-refractivity contribution is 5.91. The number of rotatable bonds is 2. The van der Waals surface area contributed by atoms with Gasteiger partial charge in [-0.05, 0) is 50.2 Å². The van der Waals surface area contributed by atoms with E-state index in [0.29, 0.717) is 5.70 Å². The van der Waals surface area contributed by atoms with E-state index < -0.39 is 0 Å². The Morgan fingerprint density at radius 2 is 1.89 bits per heavy atom. The van der Waals surface area contributed by atoms with Gasteiger partial charge in [0.1, 0.15) is 5.82 Å². The third kappa shape index (κ3) is 2.46. The standard InChI is InChI=1S/C14H15FN3O/c15-11-3-1-10(2-4-11)13-9-18(14(19)17-13)12-5-7-16-8-6-12/h1-4,9,12,16H,5-8H2. The first-order valence-corrected chi connectivity index (χ1v) is 6.46. The lowest BCUT2D eigenvalue weighted by Gasteiger charge is -2.28. The van der Waals surface area contributed by atoms with Crippen LogP contribution in [0.1, 0.15) is 18.4 Å². The molecule has 0 saturated carbocycles. The Morgan fingerprint density at radius 1 is 1.21 bits per heavy atom. The number of piperidine rings is 1. The summed E-state index contributed by atoms with van der Waals surface area (Å²) in [6, 6.07) is 6.04. The molecular weight excluding hydrogens is 245 g/mol. The highest BCUT2D eigenvalue weighted by Crippen LogP contribution is 2.24. The fraction of sp³-hybridized carbons (Fsp3) is 0.357. The van der Waals surface area contributed by atoms with Gasteiger partial charge in [0.05, 0.1) is 5.70 Å². The Balaban J connectivity index is 1.80. The van der Waals surface area contributed by atoms with Crippen LogP contribution in [0.2, 0.25) is 0 Å². The van der Waals surface area contributed by atoms with Crippen molar-refractivity contribution in [2.75, 3.05) is 13.1 Å². The van der Waals surface area contributed by atoms with Crippen molar-refractivity contribution in [2.24, 2.45) is 0 Å². The van der Waals surface area contributed by atoms with Crippen LogP contribution in [0.25, 0.3) is 5.70 Å². The summed E-state index contributed by atoms with van der Waals surface area (Å²) < 4.78 is 12.9. The van der Waals surface area contributed by atoms with E-state index in [1.54, 1.807) is 23.2 Å². The van der Waals surface area contributed by atoms with Crippen molar-refractivity contribution in [3.05, 3.63) is 41.8 Å². The Labute approximate surface area is 111 Å². The zero-order chi connectivity index (χ0) is 13.2. The highest BCUT2D eigenvalue weighted by Gasteiger charge is 2.30. The smallest absolute Gasteiger partial charge is 0.317 e. The molecule has 1 fully saturated rings. The van der Waals surface area contributed by atoms with Crippen LogP contribution in [0, 0.1) is 5.82 Å². The molecule has 2 amide bonds. The van der Waals surface area contributed by atoms with Gasteiger partial charge in [-0.25, -0.2) is 9.18 Å². The summed E-state index contributed by atoms with van der Waals surface area (Å²) in [6.45, 7) is 1.85. The number of urea groups is 1. The third-order valence-corrected chi connectivity index (χ3v) is 3.54. The van der Waals surface area contributed by atoms with Crippen LogP contribution in [0.15, 0.2) is 30.5 Å². The Kier molecular flexibility index (Phi) is 3.21. The molecule has 4 nitrogen and oxygen atoms in total. The van der Waals surface area contributed by atoms with E-state index in [4.69, 9.17) is 0 Å². The number of benzene rings is 1. The third-order valence-electron chi connectivity index (χ3n) is 3.54. The Bertz CT molecular complexity index is 506. The second-order valence-corrected chi connectivity index (χ2v) is 4.80. The molecule has 1 saturated heterocycles. The minimum absolute atomic E-state index is 0.216. The maximum Gasteiger partial charge on any atom is 0.348 e. The number of halogens is 1. The van der Waals surface area contributed by atoms with Gasteiger partial charge in [0.15, 0.2) is 0 Å². The molecule has 2 aliphatic rings. The number of hydrogen-bond acceptors (Lipinski definition) is 2. The number of hydrogen-bond donors (Lipinski definition) is 1. The topological polar surface area (TPSA) is 46.4 Å². The number of nitrogens with zero attached hydrogens (tertiary/aromatic N) is 2. The molecule has 0 aromatic heterocycles. The van der Waals surface area contributed by atoms with E-state index >= 15 is 0 Å². The average molecular weight is 260 g/mol. The van der Waals surface area contributed by atoms with Crippen molar-refractivity contribution in [3.63, 3.8) is 0 Å². The fourth-order valence-electron chi connectivity index (χ4n) is 2.48. The predicted molar refractivity (Wildman–Crippen MR) is 69.6 cm³/mol. The number of carbonyl (C=O) groups excluding carboxylic acids is 1. The van der Waals surface area contributed by atoms with Crippen molar-refractivity contribution >= 4 is 11.7 Å². The van der Waals surface area contributed by atoms with Crippen molar-refractivity contribution in [1.82, 2.24) is 15.5 Å². The van der Waals surface area contributed by atoms with Crippen LogP contribution in [0.3, 0.4) is 0 Å². The molecule has 1 radical (unpaired) electrons. The maximum atomic E-state index is 12.9. The SMILES string of the molecule is O=C1[N]C(c2ccc(F)cc2)=CN1C1CCNCC1. The van der Waals surface area contributed by atoms with Gasteiger partial charge in [0.25, 0.3) is 0 Å². The lowest BCUT2D eigenvalue weighted by molar-refractivity contribution is 0.197. The quantitative estimate of drug-likeness (QED) is 0.883. The minimum atomic E-state index is -0.288. The Morgan fingerprint density at radius 3 is 2.58 bits per heavy atom. The number of carbonyl (C=O) groups is 1. The summed E-state index contributed by atoms with van der Waals surface area (Å²) >= 11 is 0. The molecule has 1 aromatic rings. The molecule has 1 N–H and O–H groups in total. The van der Waals surface area contributed by atoms with Crippen molar-refractivity contribution in [1.29, 1.82) is 0 Å². The summed E-state index contributed by atoms with van der Waals surface area (Å²) in [5.41, 5.74) is 1.38. The van der Waals surface area contributed by atoms with Crippen molar-refractivity contribution in [2.45, 2.75) is 18.9 Å². The van der Waals surface area contributed by atoms with Crippen LogP contribution in [-0.4, -0.2) is 30.1 Å². The molecule has 0 bridgehead atoms. The van der Waals surface area contributed by atoms with Gasteiger partial charge in [-0.1, -0.05) is 0 Å². The summed E-state index contributed by atoms with van der Waals surface area (Å²) in [7, 11) is 0. The van der Waals surface area contributed by atoms with E-state index in [0.717, 1.165) is 31.5 Å². The van der Waals surface area contributed by atoms with E-state index in [9.17, 15) is 9.18 Å². The molecule has 0 spiro atoms. The monoisotopic (exact) mass is 260 g/mol. The first-order valence-electron chi connectivity index (χ1n) is 6.46. The normalized spacial score (nSPS) is 20.4. The van der Waals surface area contributed by atoms with E-state index in [2.05, 4.69) is 10.6 Å². The lowest BCUT2D eigenvalue weighted by Crippen LogP contribution is -2.42. The van der Waals surface area contributed by atoms with Crippen LogP contribution in [0.5, 0.6) is 0 Å². The maximum absolute atomic E-state index is 12.9. The average Bonchev–Trinajstić information content (AvgIpc) is 2.83. The molecule has 0 atom stereocenters. The molecule has 19 heavy (non-hydrogen) atoms. The molecule has 0 unspecified atom stereocenters. The fourth-order valence-corrected chi connectivity index (χ4v) is 2.48. The molecule has 1 aromatic carbocycles. The summed E-state index contributed by atoms with van der Waals surface area (Å²) in [6.07, 6.45) is 3.66. The highest BCUT2D eigenvalue weighted by atomic mass is 19.1. The molecule has 2 heterocycles. The zero-order valence-corrected chi connectivity index (χ0v) is 10.5. The van der Waals surface area contributed by atoms with Crippen molar-refractivity contribution < 1.29 is 9.18 Å². The van der Waals surface area contributed by atoms with Crippen LogP contribution >= 0.6 is 0 Å². The van der Waals surface area contributed by atoms with Gasteiger partial charge in [-0.3, -0.25) is 4.90 Å². The molecule has 5 heteroatoms. The zero-order valence-electron chi connectivity index (χ0n) is 10.5. The van der Waals surface area contributed by atoms with E-state index in [-0.39, 0.29) is 17.9 Å². The number of amides is 2. The number of nitrogens with one attached hydrogen (secondary N) is 1. The molecule has 0 aliphatic carbocycles. The Hall–Kier alpha value is -1.88.